The number of aromatic nitrogens is 3. The first-order valence-corrected chi connectivity index (χ1v) is 6.54. The second-order valence-corrected chi connectivity index (χ2v) is 4.34. The first-order valence-electron chi connectivity index (χ1n) is 5.42. The highest BCUT2D eigenvalue weighted by Gasteiger charge is 2.13. The summed E-state index contributed by atoms with van der Waals surface area (Å²) in [4.78, 5) is 0. The largest absolute Gasteiger partial charge is 0.311 e. The average molecular weight is 298 g/mol. The molecule has 17 heavy (non-hydrogen) atoms. The number of nitrogens with zero attached hydrogens (tertiary/aromatic N) is 3. The fraction of sp³-hybridized carbons (Fsp3) is 0.333. The molecule has 0 aliphatic rings. The summed E-state index contributed by atoms with van der Waals surface area (Å²) in [7, 11) is 0. The molecule has 0 unspecified atom stereocenters. The normalized spacial score (nSPS) is 10.8. The van der Waals surface area contributed by atoms with Crippen LogP contribution in [0.25, 0.3) is 11.4 Å². The van der Waals surface area contributed by atoms with E-state index in [1.165, 1.54) is 12.1 Å². The SMILES string of the molecule is CCn1c(CBr)nnc1-c1ccc(F)cc1C. The molecule has 0 fully saturated rings. The zero-order valence-corrected chi connectivity index (χ0v) is 11.3. The van der Waals surface area contributed by atoms with E-state index in [1.807, 2.05) is 18.4 Å². The summed E-state index contributed by atoms with van der Waals surface area (Å²) >= 11 is 3.38. The Kier molecular flexibility index (Phi) is 3.57. The highest BCUT2D eigenvalue weighted by molar-refractivity contribution is 9.08. The molecule has 0 radical (unpaired) electrons. The Morgan fingerprint density at radius 1 is 1.35 bits per heavy atom. The highest BCUT2D eigenvalue weighted by Crippen LogP contribution is 2.23. The van der Waals surface area contributed by atoms with Gasteiger partial charge in [0, 0.05) is 12.1 Å². The van der Waals surface area contributed by atoms with E-state index in [9.17, 15) is 4.39 Å². The third-order valence-corrected chi connectivity index (χ3v) is 3.19. The summed E-state index contributed by atoms with van der Waals surface area (Å²) < 4.78 is 15.1. The number of halogens is 2. The maximum atomic E-state index is 13.1. The molecule has 0 spiro atoms. The van der Waals surface area contributed by atoms with Crippen molar-refractivity contribution in [2.75, 3.05) is 0 Å². The first kappa shape index (κ1) is 12.2. The van der Waals surface area contributed by atoms with E-state index in [0.717, 1.165) is 29.3 Å². The monoisotopic (exact) mass is 297 g/mol. The lowest BCUT2D eigenvalue weighted by atomic mass is 10.1. The van der Waals surface area contributed by atoms with Gasteiger partial charge in [-0.25, -0.2) is 4.39 Å². The molecule has 1 aromatic heterocycles. The Balaban J connectivity index is 2.56. The van der Waals surface area contributed by atoms with Crippen molar-refractivity contribution in [3.63, 3.8) is 0 Å². The molecule has 0 aliphatic heterocycles. The van der Waals surface area contributed by atoms with Crippen molar-refractivity contribution in [1.29, 1.82) is 0 Å². The van der Waals surface area contributed by atoms with Gasteiger partial charge in [0.2, 0.25) is 0 Å². The topological polar surface area (TPSA) is 30.7 Å². The number of aryl methyl sites for hydroxylation is 1. The van der Waals surface area contributed by atoms with Crippen LogP contribution in [-0.2, 0) is 11.9 Å². The van der Waals surface area contributed by atoms with Crippen LogP contribution < -0.4 is 0 Å². The van der Waals surface area contributed by atoms with Crippen LogP contribution in [0.4, 0.5) is 4.39 Å². The van der Waals surface area contributed by atoms with E-state index in [-0.39, 0.29) is 5.82 Å². The maximum Gasteiger partial charge on any atom is 0.164 e. The molecule has 0 aliphatic carbocycles. The molecule has 1 aromatic carbocycles. The van der Waals surface area contributed by atoms with Gasteiger partial charge in [0.25, 0.3) is 0 Å². The van der Waals surface area contributed by atoms with Crippen molar-refractivity contribution in [3.05, 3.63) is 35.4 Å². The van der Waals surface area contributed by atoms with Crippen LogP contribution >= 0.6 is 15.9 Å². The van der Waals surface area contributed by atoms with Gasteiger partial charge < -0.3 is 4.57 Å². The van der Waals surface area contributed by atoms with Crippen molar-refractivity contribution < 1.29 is 4.39 Å². The average Bonchev–Trinajstić information content (AvgIpc) is 2.71. The van der Waals surface area contributed by atoms with Gasteiger partial charge in [0.1, 0.15) is 11.6 Å². The van der Waals surface area contributed by atoms with Crippen molar-refractivity contribution in [3.8, 4) is 11.4 Å². The lowest BCUT2D eigenvalue weighted by molar-refractivity contribution is 0.626. The Hall–Kier alpha value is -1.23. The van der Waals surface area contributed by atoms with Crippen LogP contribution in [0.5, 0.6) is 0 Å². The predicted molar refractivity (Wildman–Crippen MR) is 68.5 cm³/mol. The van der Waals surface area contributed by atoms with E-state index in [4.69, 9.17) is 0 Å². The molecule has 0 atom stereocenters. The maximum absolute atomic E-state index is 13.1. The minimum absolute atomic E-state index is 0.227. The zero-order chi connectivity index (χ0) is 12.4. The number of benzene rings is 1. The van der Waals surface area contributed by atoms with E-state index in [0.29, 0.717) is 5.33 Å². The molecule has 0 saturated heterocycles. The van der Waals surface area contributed by atoms with Gasteiger partial charge in [-0.15, -0.1) is 10.2 Å². The molecule has 90 valence electrons. The quantitative estimate of drug-likeness (QED) is 0.814. The number of rotatable bonds is 3. The Bertz CT molecular complexity index is 537. The van der Waals surface area contributed by atoms with E-state index in [2.05, 4.69) is 26.1 Å². The summed E-state index contributed by atoms with van der Waals surface area (Å²) in [6, 6.07) is 4.71. The van der Waals surface area contributed by atoms with Gasteiger partial charge in [-0.2, -0.15) is 0 Å². The molecule has 1 heterocycles. The van der Waals surface area contributed by atoms with Gasteiger partial charge in [-0.05, 0) is 37.6 Å². The Labute approximate surface area is 108 Å². The number of alkyl halides is 1. The predicted octanol–water partition coefficient (Wildman–Crippen LogP) is 3.31. The third-order valence-electron chi connectivity index (χ3n) is 2.69. The highest BCUT2D eigenvalue weighted by atomic mass is 79.9. The second-order valence-electron chi connectivity index (χ2n) is 3.78. The summed E-state index contributed by atoms with van der Waals surface area (Å²) in [6.07, 6.45) is 0. The summed E-state index contributed by atoms with van der Waals surface area (Å²) in [6.45, 7) is 4.71. The van der Waals surface area contributed by atoms with Gasteiger partial charge in [0.05, 0.1) is 5.33 Å². The molecular weight excluding hydrogens is 285 g/mol. The number of hydrogen-bond donors (Lipinski definition) is 0. The van der Waals surface area contributed by atoms with Crippen LogP contribution in [-0.4, -0.2) is 14.8 Å². The minimum atomic E-state index is -0.227. The van der Waals surface area contributed by atoms with Crippen molar-refractivity contribution >= 4 is 15.9 Å². The number of hydrogen-bond acceptors (Lipinski definition) is 2. The van der Waals surface area contributed by atoms with Crippen LogP contribution in [0.1, 0.15) is 18.3 Å². The zero-order valence-electron chi connectivity index (χ0n) is 9.74. The Morgan fingerprint density at radius 3 is 2.71 bits per heavy atom. The summed E-state index contributed by atoms with van der Waals surface area (Å²) in [5.74, 6) is 1.44. The smallest absolute Gasteiger partial charge is 0.164 e. The van der Waals surface area contributed by atoms with E-state index in [1.54, 1.807) is 6.07 Å². The molecular formula is C12H13BrFN3. The lowest BCUT2D eigenvalue weighted by Gasteiger charge is -2.08. The van der Waals surface area contributed by atoms with Crippen molar-refractivity contribution in [1.82, 2.24) is 14.8 Å². The molecule has 0 amide bonds. The van der Waals surface area contributed by atoms with E-state index < -0.39 is 0 Å². The van der Waals surface area contributed by atoms with Gasteiger partial charge >= 0.3 is 0 Å². The van der Waals surface area contributed by atoms with E-state index >= 15 is 0 Å². The fourth-order valence-electron chi connectivity index (χ4n) is 1.84. The van der Waals surface area contributed by atoms with Gasteiger partial charge in [0.15, 0.2) is 5.82 Å². The summed E-state index contributed by atoms with van der Waals surface area (Å²) in [5, 5.41) is 8.96. The van der Waals surface area contributed by atoms with Crippen molar-refractivity contribution in [2.45, 2.75) is 25.7 Å². The van der Waals surface area contributed by atoms with Crippen molar-refractivity contribution in [2.24, 2.45) is 0 Å². The minimum Gasteiger partial charge on any atom is -0.311 e. The second kappa shape index (κ2) is 4.96. The van der Waals surface area contributed by atoms with Gasteiger partial charge in [-0.3, -0.25) is 0 Å². The molecule has 0 saturated carbocycles. The molecule has 5 heteroatoms. The van der Waals surface area contributed by atoms with Gasteiger partial charge in [-0.1, -0.05) is 15.9 Å². The van der Waals surface area contributed by atoms with Crippen LogP contribution in [0.15, 0.2) is 18.2 Å². The molecule has 0 N–H and O–H groups in total. The Morgan fingerprint density at radius 2 is 2.12 bits per heavy atom. The molecule has 2 rings (SSSR count). The molecule has 0 bridgehead atoms. The first-order chi connectivity index (χ1) is 8.17. The lowest BCUT2D eigenvalue weighted by Crippen LogP contribution is -2.02. The summed E-state index contributed by atoms with van der Waals surface area (Å²) in [5.41, 5.74) is 1.79. The third kappa shape index (κ3) is 2.24. The van der Waals surface area contributed by atoms with Crippen LogP contribution in [0, 0.1) is 12.7 Å². The molecule has 2 aromatic rings. The fourth-order valence-corrected chi connectivity index (χ4v) is 2.26. The standard InChI is InChI=1S/C12H13BrFN3/c1-3-17-11(7-13)15-16-12(17)10-5-4-9(14)6-8(10)2/h4-6H,3,7H2,1-2H3. The van der Waals surface area contributed by atoms with Crippen LogP contribution in [0.3, 0.4) is 0 Å². The van der Waals surface area contributed by atoms with Crippen LogP contribution in [0.2, 0.25) is 0 Å². The molecule has 3 nitrogen and oxygen atoms in total.